The van der Waals surface area contributed by atoms with Crippen molar-refractivity contribution in [3.8, 4) is 5.75 Å². The van der Waals surface area contributed by atoms with E-state index < -0.39 is 52.2 Å². The SMILES string of the molecule is CC[Si](CC)(CC)O[C@H]1[C@@]2(CO[Si](c3ccccc3)(c3ccccc3)C(C)(C)C)O[C@H]2[C@@H](O)[C@]12N=C(c1ccc(OC)cc1)O[C@H]2C. The van der Waals surface area contributed by atoms with Crippen molar-refractivity contribution >= 4 is 32.9 Å². The maximum absolute atomic E-state index is 12.2. The number of benzene rings is 3. The molecule has 3 aromatic carbocycles. The Kier molecular flexibility index (Phi) is 9.12. The van der Waals surface area contributed by atoms with Crippen molar-refractivity contribution in [3.05, 3.63) is 90.5 Å². The third-order valence-electron chi connectivity index (χ3n) is 11.2. The van der Waals surface area contributed by atoms with Gasteiger partial charge in [0.15, 0.2) is 13.9 Å². The summed E-state index contributed by atoms with van der Waals surface area (Å²) < 4.78 is 33.5. The van der Waals surface area contributed by atoms with Gasteiger partial charge in [-0.05, 0) is 64.7 Å². The number of epoxide rings is 1. The number of aliphatic hydroxyl groups is 1. The molecule has 252 valence electrons. The molecular formula is C38H51NO6Si2. The number of hydrogen-bond donors (Lipinski definition) is 1. The van der Waals surface area contributed by atoms with E-state index in [9.17, 15) is 5.11 Å². The number of aliphatic hydroxyl groups excluding tert-OH is 1. The zero-order valence-electron chi connectivity index (χ0n) is 29.2. The lowest BCUT2D eigenvalue weighted by molar-refractivity contribution is -0.0757. The molecule has 3 aromatic rings. The van der Waals surface area contributed by atoms with Gasteiger partial charge in [-0.25, -0.2) is 4.99 Å². The van der Waals surface area contributed by atoms with E-state index in [1.54, 1.807) is 7.11 Å². The summed E-state index contributed by atoms with van der Waals surface area (Å²) in [6.45, 7) is 15.8. The Balaban J connectivity index is 1.46. The van der Waals surface area contributed by atoms with Crippen LogP contribution in [0.15, 0.2) is 89.9 Å². The number of ether oxygens (including phenoxy) is 3. The Labute approximate surface area is 282 Å². The Morgan fingerprint density at radius 3 is 1.89 bits per heavy atom. The average Bonchev–Trinajstić information content (AvgIpc) is 3.67. The van der Waals surface area contributed by atoms with Gasteiger partial charge < -0.3 is 28.2 Å². The number of methoxy groups -OCH3 is 1. The van der Waals surface area contributed by atoms with Crippen LogP contribution in [0.3, 0.4) is 0 Å². The number of rotatable bonds is 12. The molecule has 6 rings (SSSR count). The molecule has 0 unspecified atom stereocenters. The predicted molar refractivity (Wildman–Crippen MR) is 192 cm³/mol. The lowest BCUT2D eigenvalue weighted by atomic mass is 9.85. The van der Waals surface area contributed by atoms with Crippen molar-refractivity contribution in [1.29, 1.82) is 0 Å². The van der Waals surface area contributed by atoms with Crippen LogP contribution in [0.2, 0.25) is 23.2 Å². The van der Waals surface area contributed by atoms with Gasteiger partial charge in [-0.2, -0.15) is 0 Å². The summed E-state index contributed by atoms with van der Waals surface area (Å²) in [4.78, 5) is 5.29. The van der Waals surface area contributed by atoms with E-state index in [1.165, 1.54) is 10.4 Å². The fraction of sp³-hybridized carbons (Fsp3) is 0.500. The molecule has 3 aliphatic rings. The zero-order chi connectivity index (χ0) is 33.7. The summed E-state index contributed by atoms with van der Waals surface area (Å²) in [5.74, 6) is 1.27. The first-order chi connectivity index (χ1) is 22.5. The minimum Gasteiger partial charge on any atom is -0.497 e. The van der Waals surface area contributed by atoms with Crippen LogP contribution in [-0.2, 0) is 18.3 Å². The second-order valence-corrected chi connectivity index (χ2v) is 23.5. The maximum atomic E-state index is 12.2. The highest BCUT2D eigenvalue weighted by atomic mass is 28.4. The highest BCUT2D eigenvalue weighted by molar-refractivity contribution is 6.99. The van der Waals surface area contributed by atoms with E-state index in [4.69, 9.17) is 28.1 Å². The second-order valence-electron chi connectivity index (χ2n) is 14.4. The summed E-state index contributed by atoms with van der Waals surface area (Å²) in [5, 5.41) is 14.4. The standard InChI is InChI=1S/C38H51NO6Si2/c1-9-46(10-2,11-3)45-35-37(26-42-47(36(5,6)7,30-18-14-12-15-19-30)31-20-16-13-17-21-31)33(44-37)32(40)38(35)27(4)43-34(39-38)28-22-24-29(41-8)25-23-28/h12-25,27,32-33,35,40H,9-11,26H2,1-8H3/t27-,32+,33-,35-,37-,38-/m0/s1. The van der Waals surface area contributed by atoms with Crippen LogP contribution in [0.1, 0.15) is 54.0 Å². The van der Waals surface area contributed by atoms with Gasteiger partial charge in [0.1, 0.15) is 35.8 Å². The number of aliphatic imine (C=N–C) groups is 1. The molecule has 2 aliphatic heterocycles. The van der Waals surface area contributed by atoms with Crippen molar-refractivity contribution in [1.82, 2.24) is 0 Å². The van der Waals surface area contributed by atoms with Gasteiger partial charge in [-0.15, -0.1) is 0 Å². The monoisotopic (exact) mass is 673 g/mol. The molecular weight excluding hydrogens is 623 g/mol. The molecule has 9 heteroatoms. The lowest BCUT2D eigenvalue weighted by Crippen LogP contribution is -2.68. The van der Waals surface area contributed by atoms with Crippen LogP contribution in [0.4, 0.5) is 0 Å². The first-order valence-electron chi connectivity index (χ1n) is 17.2. The Bertz CT molecular complexity index is 1510. The third-order valence-corrected chi connectivity index (χ3v) is 20.8. The third kappa shape index (κ3) is 5.34. The van der Waals surface area contributed by atoms with Crippen LogP contribution in [0, 0.1) is 0 Å². The summed E-state index contributed by atoms with van der Waals surface area (Å²) in [7, 11) is -3.48. The smallest absolute Gasteiger partial charge is 0.261 e. The van der Waals surface area contributed by atoms with Crippen molar-refractivity contribution < 1.29 is 28.2 Å². The van der Waals surface area contributed by atoms with Gasteiger partial charge in [0, 0.05) is 5.56 Å². The van der Waals surface area contributed by atoms with E-state index in [1.807, 2.05) is 31.2 Å². The first-order valence-corrected chi connectivity index (χ1v) is 21.6. The van der Waals surface area contributed by atoms with Gasteiger partial charge in [0.2, 0.25) is 5.90 Å². The van der Waals surface area contributed by atoms with Crippen molar-refractivity contribution in [3.63, 3.8) is 0 Å². The van der Waals surface area contributed by atoms with Crippen molar-refractivity contribution in [2.75, 3.05) is 13.7 Å². The molecule has 7 nitrogen and oxygen atoms in total. The summed E-state index contributed by atoms with van der Waals surface area (Å²) in [6.07, 6.45) is -2.37. The highest BCUT2D eigenvalue weighted by Crippen LogP contribution is 2.61. The van der Waals surface area contributed by atoms with E-state index in [-0.39, 0.29) is 11.6 Å². The van der Waals surface area contributed by atoms with Crippen molar-refractivity contribution in [2.24, 2.45) is 4.99 Å². The van der Waals surface area contributed by atoms with E-state index >= 15 is 0 Å². The number of fused-ring (bicyclic) bond motifs is 1. The Morgan fingerprint density at radius 1 is 0.851 bits per heavy atom. The molecule has 1 saturated heterocycles. The van der Waals surface area contributed by atoms with Gasteiger partial charge in [0.05, 0.1) is 13.7 Å². The second kappa shape index (κ2) is 12.6. The molecule has 2 heterocycles. The fourth-order valence-electron chi connectivity index (χ4n) is 8.15. The lowest BCUT2D eigenvalue weighted by Gasteiger charge is -2.46. The average molecular weight is 674 g/mol. The minimum absolute atomic E-state index is 0.208. The molecule has 0 bridgehead atoms. The largest absolute Gasteiger partial charge is 0.497 e. The number of hydrogen-bond acceptors (Lipinski definition) is 7. The predicted octanol–water partition coefficient (Wildman–Crippen LogP) is 6.08. The molecule has 1 spiro atoms. The zero-order valence-corrected chi connectivity index (χ0v) is 31.2. The Morgan fingerprint density at radius 2 is 1.40 bits per heavy atom. The molecule has 1 saturated carbocycles. The normalized spacial score (nSPS) is 28.6. The summed E-state index contributed by atoms with van der Waals surface area (Å²) >= 11 is 0. The first kappa shape index (κ1) is 34.1. The number of nitrogens with zero attached hydrogens (tertiary/aromatic N) is 1. The minimum atomic E-state index is -2.90. The van der Waals surface area contributed by atoms with Gasteiger partial charge in [0.25, 0.3) is 8.32 Å². The molecule has 0 amide bonds. The molecule has 0 aromatic heterocycles. The molecule has 1 N–H and O–H groups in total. The van der Waals surface area contributed by atoms with Crippen LogP contribution in [0.5, 0.6) is 5.75 Å². The topological polar surface area (TPSA) is 82.0 Å². The summed E-state index contributed by atoms with van der Waals surface area (Å²) in [5.41, 5.74) is -1.06. The van der Waals surface area contributed by atoms with Crippen LogP contribution in [-0.4, -0.2) is 76.9 Å². The quantitative estimate of drug-likeness (QED) is 0.186. The van der Waals surface area contributed by atoms with E-state index in [2.05, 4.69) is 102 Å². The van der Waals surface area contributed by atoms with E-state index in [0.29, 0.717) is 5.90 Å². The fourth-order valence-corrected chi connectivity index (χ4v) is 15.6. The molecule has 6 atom stereocenters. The van der Waals surface area contributed by atoms with Crippen LogP contribution < -0.4 is 15.1 Å². The van der Waals surface area contributed by atoms with Gasteiger partial charge in [-0.3, -0.25) is 0 Å². The Hall–Kier alpha value is -2.80. The van der Waals surface area contributed by atoms with Gasteiger partial charge in [-0.1, -0.05) is 102 Å². The van der Waals surface area contributed by atoms with Crippen LogP contribution in [0.25, 0.3) is 0 Å². The van der Waals surface area contributed by atoms with Crippen LogP contribution >= 0.6 is 0 Å². The van der Waals surface area contributed by atoms with Crippen molar-refractivity contribution in [2.45, 2.75) is 107 Å². The molecule has 0 radical (unpaired) electrons. The molecule has 1 aliphatic carbocycles. The maximum Gasteiger partial charge on any atom is 0.261 e. The molecule has 47 heavy (non-hydrogen) atoms. The van der Waals surface area contributed by atoms with Gasteiger partial charge >= 0.3 is 0 Å². The highest BCUT2D eigenvalue weighted by Gasteiger charge is 2.83. The van der Waals surface area contributed by atoms with E-state index in [0.717, 1.165) is 29.4 Å². The molecule has 2 fully saturated rings. The summed E-state index contributed by atoms with van der Waals surface area (Å²) in [6, 6.07) is 31.9.